The predicted octanol–water partition coefficient (Wildman–Crippen LogP) is 3.33. The van der Waals surface area contributed by atoms with Crippen molar-refractivity contribution in [2.75, 3.05) is 0 Å². The van der Waals surface area contributed by atoms with Gasteiger partial charge in [0, 0.05) is 16.1 Å². The van der Waals surface area contributed by atoms with E-state index >= 15 is 0 Å². The molecule has 1 aromatic rings. The van der Waals surface area contributed by atoms with Crippen LogP contribution in [0.15, 0.2) is 12.1 Å². The molecule has 0 saturated carbocycles. The fourth-order valence-corrected chi connectivity index (χ4v) is 2.48. The van der Waals surface area contributed by atoms with Crippen LogP contribution in [-0.2, 0) is 6.42 Å². The van der Waals surface area contributed by atoms with Crippen LogP contribution in [0.5, 0.6) is 0 Å². The van der Waals surface area contributed by atoms with Gasteiger partial charge in [0.2, 0.25) is 0 Å². The highest BCUT2D eigenvalue weighted by Gasteiger charge is 2.19. The molecule has 70 valence electrons. The zero-order valence-electron chi connectivity index (χ0n) is 7.19. The summed E-state index contributed by atoms with van der Waals surface area (Å²) in [5, 5.41) is 1.44. The number of hydrogen-bond acceptors (Lipinski definition) is 1. The van der Waals surface area contributed by atoms with E-state index in [1.54, 1.807) is 6.07 Å². The molecule has 0 spiro atoms. The van der Waals surface area contributed by atoms with Gasteiger partial charge in [-0.15, -0.1) is 0 Å². The predicted molar refractivity (Wildman–Crippen MR) is 56.3 cm³/mol. The second-order valence-electron chi connectivity index (χ2n) is 3.45. The van der Waals surface area contributed by atoms with Gasteiger partial charge >= 0.3 is 0 Å². The minimum atomic E-state index is 0.111. The number of rotatable bonds is 0. The van der Waals surface area contributed by atoms with Crippen molar-refractivity contribution >= 4 is 23.2 Å². The molecule has 2 N–H and O–H groups in total. The molecule has 0 saturated heterocycles. The second kappa shape index (κ2) is 3.49. The average Bonchev–Trinajstić information content (AvgIpc) is 2.07. The maximum atomic E-state index is 6.07. The van der Waals surface area contributed by atoms with Crippen LogP contribution >= 0.6 is 23.2 Å². The van der Waals surface area contributed by atoms with Crippen molar-refractivity contribution in [2.45, 2.75) is 25.3 Å². The van der Waals surface area contributed by atoms with Crippen molar-refractivity contribution in [1.82, 2.24) is 0 Å². The monoisotopic (exact) mass is 215 g/mol. The lowest BCUT2D eigenvalue weighted by atomic mass is 9.88. The second-order valence-corrected chi connectivity index (χ2v) is 4.30. The van der Waals surface area contributed by atoms with Crippen LogP contribution in [0.2, 0.25) is 10.0 Å². The molecule has 0 radical (unpaired) electrons. The number of halogens is 2. The molecule has 0 amide bonds. The lowest BCUT2D eigenvalue weighted by Crippen LogP contribution is -2.17. The fourth-order valence-electron chi connectivity index (χ4n) is 1.87. The number of fused-ring (bicyclic) bond motifs is 1. The van der Waals surface area contributed by atoms with Crippen molar-refractivity contribution in [3.8, 4) is 0 Å². The highest BCUT2D eigenvalue weighted by atomic mass is 35.5. The summed E-state index contributed by atoms with van der Waals surface area (Å²) in [6.07, 6.45) is 3.18. The van der Waals surface area contributed by atoms with E-state index in [9.17, 15) is 0 Å². The Morgan fingerprint density at radius 3 is 2.85 bits per heavy atom. The number of nitrogens with two attached hydrogens (primary N) is 1. The summed E-state index contributed by atoms with van der Waals surface area (Å²) >= 11 is 12.0. The summed E-state index contributed by atoms with van der Waals surface area (Å²) < 4.78 is 0. The molecule has 1 nitrogen and oxygen atoms in total. The SMILES string of the molecule is N[C@@H]1CCCc2c(Cl)cc(Cl)cc21. The van der Waals surface area contributed by atoms with Crippen LogP contribution in [-0.4, -0.2) is 0 Å². The third kappa shape index (κ3) is 1.69. The molecule has 0 unspecified atom stereocenters. The minimum absolute atomic E-state index is 0.111. The normalized spacial score (nSPS) is 21.3. The Morgan fingerprint density at radius 2 is 2.08 bits per heavy atom. The minimum Gasteiger partial charge on any atom is -0.324 e. The zero-order chi connectivity index (χ0) is 9.42. The van der Waals surface area contributed by atoms with E-state index in [0.717, 1.165) is 29.8 Å². The van der Waals surface area contributed by atoms with Crippen LogP contribution in [0.1, 0.15) is 30.0 Å². The van der Waals surface area contributed by atoms with Crippen LogP contribution < -0.4 is 5.73 Å². The van der Waals surface area contributed by atoms with E-state index < -0.39 is 0 Å². The maximum absolute atomic E-state index is 6.07. The van der Waals surface area contributed by atoms with Crippen LogP contribution in [0.4, 0.5) is 0 Å². The van der Waals surface area contributed by atoms with Crippen molar-refractivity contribution in [2.24, 2.45) is 5.73 Å². The first kappa shape index (κ1) is 9.32. The Labute approximate surface area is 87.8 Å². The molecular formula is C10H11Cl2N. The largest absolute Gasteiger partial charge is 0.324 e. The van der Waals surface area contributed by atoms with Gasteiger partial charge < -0.3 is 5.73 Å². The van der Waals surface area contributed by atoms with Crippen molar-refractivity contribution < 1.29 is 0 Å². The number of hydrogen-bond donors (Lipinski definition) is 1. The molecule has 1 aromatic carbocycles. The standard InChI is InChI=1S/C10H11Cl2N/c11-6-4-8-7(9(12)5-6)2-1-3-10(8)13/h4-5,10H,1-3,13H2/t10-/m1/s1. The first-order chi connectivity index (χ1) is 6.18. The molecule has 0 aliphatic heterocycles. The molecule has 3 heteroatoms. The van der Waals surface area contributed by atoms with E-state index in [-0.39, 0.29) is 6.04 Å². The molecule has 0 fully saturated rings. The molecule has 1 aliphatic rings. The fraction of sp³-hybridized carbons (Fsp3) is 0.400. The third-order valence-corrected chi connectivity index (χ3v) is 3.09. The van der Waals surface area contributed by atoms with Gasteiger partial charge in [-0.3, -0.25) is 0 Å². The van der Waals surface area contributed by atoms with Gasteiger partial charge in [-0.25, -0.2) is 0 Å². The molecule has 0 heterocycles. The van der Waals surface area contributed by atoms with E-state index in [0.29, 0.717) is 5.02 Å². The topological polar surface area (TPSA) is 26.0 Å². The smallest absolute Gasteiger partial charge is 0.0456 e. The van der Waals surface area contributed by atoms with Crippen LogP contribution in [0.3, 0.4) is 0 Å². The summed E-state index contributed by atoms with van der Waals surface area (Å²) in [4.78, 5) is 0. The number of benzene rings is 1. The first-order valence-electron chi connectivity index (χ1n) is 4.42. The van der Waals surface area contributed by atoms with Gasteiger partial charge in [0.1, 0.15) is 0 Å². The van der Waals surface area contributed by atoms with Gasteiger partial charge in [0.25, 0.3) is 0 Å². The molecular weight excluding hydrogens is 205 g/mol. The highest BCUT2D eigenvalue weighted by Crippen LogP contribution is 2.34. The maximum Gasteiger partial charge on any atom is 0.0456 e. The molecule has 13 heavy (non-hydrogen) atoms. The summed E-state index contributed by atoms with van der Waals surface area (Å²) in [6.45, 7) is 0. The Hall–Kier alpha value is -0.240. The molecule has 0 aromatic heterocycles. The third-order valence-electron chi connectivity index (χ3n) is 2.54. The van der Waals surface area contributed by atoms with E-state index in [1.165, 1.54) is 5.56 Å². The van der Waals surface area contributed by atoms with Gasteiger partial charge in [-0.05, 0) is 42.5 Å². The first-order valence-corrected chi connectivity index (χ1v) is 5.17. The van der Waals surface area contributed by atoms with Gasteiger partial charge in [-0.2, -0.15) is 0 Å². The van der Waals surface area contributed by atoms with Gasteiger partial charge in [0.05, 0.1) is 0 Å². The molecule has 0 bridgehead atoms. The molecule has 1 atom stereocenters. The van der Waals surface area contributed by atoms with E-state index in [1.807, 2.05) is 6.07 Å². The van der Waals surface area contributed by atoms with Crippen molar-refractivity contribution in [3.63, 3.8) is 0 Å². The van der Waals surface area contributed by atoms with Crippen molar-refractivity contribution in [1.29, 1.82) is 0 Å². The molecule has 2 rings (SSSR count). The summed E-state index contributed by atoms with van der Waals surface area (Å²) in [5.74, 6) is 0. The molecule has 1 aliphatic carbocycles. The lowest BCUT2D eigenvalue weighted by molar-refractivity contribution is 0.570. The average molecular weight is 216 g/mol. The van der Waals surface area contributed by atoms with Crippen LogP contribution in [0.25, 0.3) is 0 Å². The zero-order valence-corrected chi connectivity index (χ0v) is 8.70. The van der Waals surface area contributed by atoms with Crippen molar-refractivity contribution in [3.05, 3.63) is 33.3 Å². The van der Waals surface area contributed by atoms with Gasteiger partial charge in [-0.1, -0.05) is 23.2 Å². The summed E-state index contributed by atoms with van der Waals surface area (Å²) in [7, 11) is 0. The highest BCUT2D eigenvalue weighted by molar-refractivity contribution is 6.35. The van der Waals surface area contributed by atoms with Gasteiger partial charge in [0.15, 0.2) is 0 Å². The van der Waals surface area contributed by atoms with E-state index in [2.05, 4.69) is 0 Å². The van der Waals surface area contributed by atoms with Crippen LogP contribution in [0, 0.1) is 0 Å². The Balaban J connectivity index is 2.56. The summed E-state index contributed by atoms with van der Waals surface area (Å²) in [6, 6.07) is 3.84. The summed E-state index contributed by atoms with van der Waals surface area (Å²) in [5.41, 5.74) is 8.28. The Bertz CT molecular complexity index is 336. The van der Waals surface area contributed by atoms with E-state index in [4.69, 9.17) is 28.9 Å². The quantitative estimate of drug-likeness (QED) is 0.707. The lowest BCUT2D eigenvalue weighted by Gasteiger charge is -2.23. The Kier molecular flexibility index (Phi) is 2.50. The Morgan fingerprint density at radius 1 is 1.31 bits per heavy atom.